The van der Waals surface area contributed by atoms with Crippen LogP contribution in [0, 0.1) is 13.8 Å². The Kier molecular flexibility index (Phi) is 3.89. The number of hydrogen-bond donors (Lipinski definition) is 1. The molecule has 0 aliphatic rings. The lowest BCUT2D eigenvalue weighted by Crippen LogP contribution is -2.17. The van der Waals surface area contributed by atoms with Crippen molar-refractivity contribution in [2.75, 3.05) is 11.8 Å². The Bertz CT molecular complexity index is 715. The van der Waals surface area contributed by atoms with E-state index >= 15 is 0 Å². The fourth-order valence-electron chi connectivity index (χ4n) is 1.93. The molecule has 1 aromatic heterocycles. The number of aromatic nitrogens is 2. The van der Waals surface area contributed by atoms with Gasteiger partial charge in [0.1, 0.15) is 10.6 Å². The normalized spacial score (nSPS) is 11.2. The molecule has 2 rings (SSSR count). The van der Waals surface area contributed by atoms with Gasteiger partial charge in [0.15, 0.2) is 0 Å². The number of nitrogens with zero attached hydrogens (tertiary/aromatic N) is 2. The second-order valence-corrected chi connectivity index (χ2v) is 5.91. The van der Waals surface area contributed by atoms with Crippen LogP contribution < -0.4 is 9.46 Å². The minimum atomic E-state index is -3.80. The molecule has 1 heterocycles. The maximum Gasteiger partial charge on any atom is 0.268 e. The van der Waals surface area contributed by atoms with Crippen LogP contribution in [0.15, 0.2) is 35.5 Å². The van der Waals surface area contributed by atoms with E-state index in [2.05, 4.69) is 14.7 Å². The molecule has 6 nitrogen and oxygen atoms in total. The summed E-state index contributed by atoms with van der Waals surface area (Å²) in [5, 5.41) is 0. The van der Waals surface area contributed by atoms with E-state index in [0.717, 1.165) is 5.56 Å². The number of nitrogens with one attached hydrogen (secondary N) is 1. The van der Waals surface area contributed by atoms with E-state index in [1.54, 1.807) is 25.1 Å². The molecule has 0 radical (unpaired) electrons. The zero-order chi connectivity index (χ0) is 14.8. The van der Waals surface area contributed by atoms with Crippen LogP contribution in [0.2, 0.25) is 0 Å². The Balaban J connectivity index is 2.50. The van der Waals surface area contributed by atoms with E-state index in [-0.39, 0.29) is 10.8 Å². The quantitative estimate of drug-likeness (QED) is 0.931. The summed E-state index contributed by atoms with van der Waals surface area (Å²) in [4.78, 5) is 7.80. The monoisotopic (exact) mass is 293 g/mol. The van der Waals surface area contributed by atoms with Gasteiger partial charge < -0.3 is 4.74 Å². The van der Waals surface area contributed by atoms with Gasteiger partial charge in [0.05, 0.1) is 7.11 Å². The third kappa shape index (κ3) is 2.88. The summed E-state index contributed by atoms with van der Waals surface area (Å²) >= 11 is 0. The highest BCUT2D eigenvalue weighted by atomic mass is 32.2. The van der Waals surface area contributed by atoms with Gasteiger partial charge in [-0.25, -0.2) is 23.1 Å². The summed E-state index contributed by atoms with van der Waals surface area (Å²) in [6.07, 6.45) is 2.92. The van der Waals surface area contributed by atoms with Gasteiger partial charge in [-0.1, -0.05) is 6.07 Å². The maximum absolute atomic E-state index is 12.4. The Hall–Kier alpha value is -2.15. The van der Waals surface area contributed by atoms with E-state index in [9.17, 15) is 8.42 Å². The van der Waals surface area contributed by atoms with Gasteiger partial charge in [0.25, 0.3) is 10.0 Å². The number of rotatable bonds is 4. The highest BCUT2D eigenvalue weighted by Crippen LogP contribution is 2.29. The molecule has 0 spiro atoms. The average Bonchev–Trinajstić information content (AvgIpc) is 2.37. The molecule has 0 saturated heterocycles. The van der Waals surface area contributed by atoms with Crippen molar-refractivity contribution >= 4 is 16.0 Å². The molecule has 1 aromatic carbocycles. The van der Waals surface area contributed by atoms with Crippen molar-refractivity contribution in [3.63, 3.8) is 0 Å². The number of methoxy groups -OCH3 is 1. The van der Waals surface area contributed by atoms with Crippen molar-refractivity contribution in [2.24, 2.45) is 0 Å². The predicted molar refractivity (Wildman–Crippen MR) is 75.3 cm³/mol. The Morgan fingerprint density at radius 3 is 2.40 bits per heavy atom. The van der Waals surface area contributed by atoms with Crippen LogP contribution >= 0.6 is 0 Å². The molecular weight excluding hydrogens is 278 g/mol. The smallest absolute Gasteiger partial charge is 0.268 e. The lowest BCUT2D eigenvalue weighted by atomic mass is 10.1. The van der Waals surface area contributed by atoms with Gasteiger partial charge in [-0.05, 0) is 37.1 Å². The molecule has 0 amide bonds. The van der Waals surface area contributed by atoms with E-state index in [0.29, 0.717) is 11.3 Å². The standard InChI is InChI=1S/C13H15N3O3S/c1-9-7-10(2)12(11(8-9)19-3)20(17,18)16-13-14-5-4-6-15-13/h4-8H,1-3H3,(H,14,15,16). The van der Waals surface area contributed by atoms with Gasteiger partial charge in [-0.3, -0.25) is 0 Å². The molecule has 1 N–H and O–H groups in total. The number of sulfonamides is 1. The summed E-state index contributed by atoms with van der Waals surface area (Å²) in [5.74, 6) is 0.320. The van der Waals surface area contributed by atoms with E-state index in [4.69, 9.17) is 4.74 Å². The van der Waals surface area contributed by atoms with Crippen molar-refractivity contribution in [3.8, 4) is 5.75 Å². The molecule has 0 saturated carbocycles. The number of aryl methyl sites for hydroxylation is 2. The van der Waals surface area contributed by atoms with Crippen molar-refractivity contribution < 1.29 is 13.2 Å². The Morgan fingerprint density at radius 2 is 1.80 bits per heavy atom. The molecule has 0 bridgehead atoms. The molecule has 7 heteroatoms. The average molecular weight is 293 g/mol. The minimum Gasteiger partial charge on any atom is -0.495 e. The largest absolute Gasteiger partial charge is 0.495 e. The van der Waals surface area contributed by atoms with Crippen LogP contribution in [0.1, 0.15) is 11.1 Å². The van der Waals surface area contributed by atoms with Crippen molar-refractivity contribution in [3.05, 3.63) is 41.7 Å². The molecule has 0 aliphatic heterocycles. The third-order valence-corrected chi connectivity index (χ3v) is 4.18. The third-order valence-electron chi connectivity index (χ3n) is 2.66. The molecule has 0 atom stereocenters. The van der Waals surface area contributed by atoms with Gasteiger partial charge in [0, 0.05) is 12.4 Å². The first-order chi connectivity index (χ1) is 9.44. The van der Waals surface area contributed by atoms with Gasteiger partial charge >= 0.3 is 0 Å². The van der Waals surface area contributed by atoms with E-state index in [1.165, 1.54) is 19.5 Å². The Morgan fingerprint density at radius 1 is 1.15 bits per heavy atom. The van der Waals surface area contributed by atoms with Crippen LogP contribution in [0.3, 0.4) is 0 Å². The van der Waals surface area contributed by atoms with Gasteiger partial charge in [-0.15, -0.1) is 0 Å². The number of anilines is 1. The molecular formula is C13H15N3O3S. The molecule has 106 valence electrons. The first-order valence-electron chi connectivity index (χ1n) is 5.89. The van der Waals surface area contributed by atoms with Crippen LogP contribution in [-0.2, 0) is 10.0 Å². The second kappa shape index (κ2) is 5.46. The second-order valence-electron chi connectivity index (χ2n) is 4.29. The maximum atomic E-state index is 12.4. The molecule has 20 heavy (non-hydrogen) atoms. The number of benzene rings is 1. The fourth-order valence-corrected chi connectivity index (χ4v) is 3.27. The van der Waals surface area contributed by atoms with Crippen LogP contribution in [-0.4, -0.2) is 25.5 Å². The Labute approximate surface area is 117 Å². The first kappa shape index (κ1) is 14.3. The SMILES string of the molecule is COc1cc(C)cc(C)c1S(=O)(=O)Nc1ncccn1. The number of ether oxygens (including phenoxy) is 1. The number of hydrogen-bond acceptors (Lipinski definition) is 5. The summed E-state index contributed by atoms with van der Waals surface area (Å²) in [5.41, 5.74) is 1.53. The van der Waals surface area contributed by atoms with Gasteiger partial charge in [-0.2, -0.15) is 0 Å². The summed E-state index contributed by atoms with van der Waals surface area (Å²) in [7, 11) is -2.37. The van der Waals surface area contributed by atoms with Crippen LogP contribution in [0.4, 0.5) is 5.95 Å². The predicted octanol–water partition coefficient (Wildman–Crippen LogP) is 1.90. The van der Waals surface area contributed by atoms with Crippen molar-refractivity contribution in [2.45, 2.75) is 18.7 Å². The lowest BCUT2D eigenvalue weighted by Gasteiger charge is -2.14. The van der Waals surface area contributed by atoms with Crippen molar-refractivity contribution in [1.29, 1.82) is 0 Å². The lowest BCUT2D eigenvalue weighted by molar-refractivity contribution is 0.402. The van der Waals surface area contributed by atoms with Crippen LogP contribution in [0.5, 0.6) is 5.75 Å². The van der Waals surface area contributed by atoms with Gasteiger partial charge in [0.2, 0.25) is 5.95 Å². The van der Waals surface area contributed by atoms with Crippen molar-refractivity contribution in [1.82, 2.24) is 9.97 Å². The minimum absolute atomic E-state index is 0.0227. The topological polar surface area (TPSA) is 81.2 Å². The highest BCUT2D eigenvalue weighted by Gasteiger charge is 2.23. The molecule has 2 aromatic rings. The molecule has 0 unspecified atom stereocenters. The highest BCUT2D eigenvalue weighted by molar-refractivity contribution is 7.92. The fraction of sp³-hybridized carbons (Fsp3) is 0.231. The first-order valence-corrected chi connectivity index (χ1v) is 7.37. The molecule has 0 aliphatic carbocycles. The molecule has 0 fully saturated rings. The van der Waals surface area contributed by atoms with E-state index < -0.39 is 10.0 Å². The van der Waals surface area contributed by atoms with E-state index in [1.807, 2.05) is 6.92 Å². The summed E-state index contributed by atoms with van der Waals surface area (Å²) in [6.45, 7) is 3.59. The zero-order valence-electron chi connectivity index (χ0n) is 11.4. The van der Waals surface area contributed by atoms with Crippen LogP contribution in [0.25, 0.3) is 0 Å². The summed E-state index contributed by atoms with van der Waals surface area (Å²) < 4.78 is 32.4. The zero-order valence-corrected chi connectivity index (χ0v) is 12.2. The summed E-state index contributed by atoms with van der Waals surface area (Å²) in [6, 6.07) is 5.06.